The van der Waals surface area contributed by atoms with E-state index in [9.17, 15) is 9.59 Å². The number of aliphatic carboxylic acids is 1. The fourth-order valence-electron chi connectivity index (χ4n) is 2.63. The summed E-state index contributed by atoms with van der Waals surface area (Å²) in [7, 11) is 0. The molecule has 0 spiro atoms. The third-order valence-electron chi connectivity index (χ3n) is 3.72. The molecule has 2 aliphatic heterocycles. The van der Waals surface area contributed by atoms with Crippen molar-refractivity contribution in [1.82, 2.24) is 10.2 Å². The number of carbonyl (C=O) groups is 2. The van der Waals surface area contributed by atoms with Crippen molar-refractivity contribution in [3.63, 3.8) is 0 Å². The molecule has 0 aromatic carbocycles. The first-order valence-corrected chi connectivity index (χ1v) is 7.50. The molecule has 2 heterocycles. The van der Waals surface area contributed by atoms with Crippen molar-refractivity contribution in [3.8, 4) is 0 Å². The summed E-state index contributed by atoms with van der Waals surface area (Å²) < 4.78 is 0. The minimum Gasteiger partial charge on any atom is -0.480 e. The largest absolute Gasteiger partial charge is 0.480 e. The molecule has 0 aliphatic carbocycles. The van der Waals surface area contributed by atoms with E-state index in [1.807, 2.05) is 6.92 Å². The molecule has 0 aromatic heterocycles. The lowest BCUT2D eigenvalue weighted by atomic mass is 10.0. The van der Waals surface area contributed by atoms with Crippen molar-refractivity contribution in [1.29, 1.82) is 0 Å². The van der Waals surface area contributed by atoms with Crippen LogP contribution in [0.2, 0.25) is 0 Å². The predicted molar refractivity (Wildman–Crippen MR) is 70.4 cm³/mol. The van der Waals surface area contributed by atoms with Gasteiger partial charge in [0.1, 0.15) is 6.04 Å². The van der Waals surface area contributed by atoms with Gasteiger partial charge in [-0.05, 0) is 38.8 Å². The van der Waals surface area contributed by atoms with E-state index >= 15 is 0 Å². The van der Waals surface area contributed by atoms with Crippen molar-refractivity contribution in [2.45, 2.75) is 37.6 Å². The van der Waals surface area contributed by atoms with Gasteiger partial charge in [0.15, 0.2) is 0 Å². The fraction of sp³-hybridized carbons (Fsp3) is 0.833. The second-order valence-corrected chi connectivity index (χ2v) is 6.33. The molecule has 0 saturated carbocycles. The molecule has 1 amide bonds. The number of hydrogen-bond acceptors (Lipinski definition) is 4. The number of nitrogens with zero attached hydrogens (tertiary/aromatic N) is 1. The van der Waals surface area contributed by atoms with E-state index in [-0.39, 0.29) is 11.3 Å². The normalized spacial score (nSPS) is 31.8. The van der Waals surface area contributed by atoms with Crippen molar-refractivity contribution < 1.29 is 14.7 Å². The first-order chi connectivity index (χ1) is 8.59. The Morgan fingerprint density at radius 2 is 2.28 bits per heavy atom. The Morgan fingerprint density at radius 3 is 2.89 bits per heavy atom. The molecule has 3 unspecified atom stereocenters. The Labute approximate surface area is 111 Å². The average Bonchev–Trinajstić information content (AvgIpc) is 2.94. The van der Waals surface area contributed by atoms with E-state index in [1.165, 1.54) is 0 Å². The summed E-state index contributed by atoms with van der Waals surface area (Å²) in [5.41, 5.74) is 0. The Morgan fingerprint density at radius 1 is 1.50 bits per heavy atom. The summed E-state index contributed by atoms with van der Waals surface area (Å²) in [6, 6.07) is -0.640. The molecule has 3 atom stereocenters. The molecule has 2 aliphatic rings. The van der Waals surface area contributed by atoms with Crippen LogP contribution in [0.3, 0.4) is 0 Å². The maximum absolute atomic E-state index is 12.2. The van der Waals surface area contributed by atoms with E-state index < -0.39 is 12.0 Å². The molecule has 5 nitrogen and oxygen atoms in total. The highest BCUT2D eigenvalue weighted by atomic mass is 32.2. The van der Waals surface area contributed by atoms with Gasteiger partial charge in [0.25, 0.3) is 0 Å². The quantitative estimate of drug-likeness (QED) is 0.790. The van der Waals surface area contributed by atoms with E-state index in [2.05, 4.69) is 5.32 Å². The number of hydrogen-bond donors (Lipinski definition) is 2. The van der Waals surface area contributed by atoms with E-state index in [4.69, 9.17) is 5.11 Å². The van der Waals surface area contributed by atoms with Crippen LogP contribution in [-0.4, -0.2) is 52.1 Å². The first kappa shape index (κ1) is 13.7. The predicted octanol–water partition coefficient (Wildman–Crippen LogP) is 0.751. The Balaban J connectivity index is 1.87. The Bertz CT molecular complexity index is 331. The number of carbonyl (C=O) groups excluding carboxylic acids is 1. The van der Waals surface area contributed by atoms with E-state index in [0.29, 0.717) is 18.1 Å². The smallest absolute Gasteiger partial charge is 0.327 e. The zero-order valence-corrected chi connectivity index (χ0v) is 11.4. The van der Waals surface area contributed by atoms with Crippen LogP contribution in [-0.2, 0) is 9.59 Å². The van der Waals surface area contributed by atoms with Crippen LogP contribution in [0, 0.1) is 5.92 Å². The second-order valence-electron chi connectivity index (χ2n) is 4.99. The summed E-state index contributed by atoms with van der Waals surface area (Å²) in [4.78, 5) is 24.8. The number of rotatable bonds is 4. The van der Waals surface area contributed by atoms with Crippen LogP contribution in [0.1, 0.15) is 26.2 Å². The standard InChI is InChI=1S/C12H20N2O3S/c1-8-14(10(7-18-8)12(16)17)11(15)3-2-9-4-5-13-6-9/h8-10,13H,2-7H2,1H3,(H,16,17). The van der Waals surface area contributed by atoms with Gasteiger partial charge in [-0.2, -0.15) is 0 Å². The van der Waals surface area contributed by atoms with Crippen LogP contribution in [0.15, 0.2) is 0 Å². The topological polar surface area (TPSA) is 69.6 Å². The van der Waals surface area contributed by atoms with Gasteiger partial charge in [0.05, 0.1) is 5.37 Å². The molecule has 18 heavy (non-hydrogen) atoms. The molecular formula is C12H20N2O3S. The molecule has 0 radical (unpaired) electrons. The molecular weight excluding hydrogens is 252 g/mol. The fourth-order valence-corrected chi connectivity index (χ4v) is 3.82. The molecule has 2 saturated heterocycles. The third-order valence-corrected chi connectivity index (χ3v) is 4.94. The summed E-state index contributed by atoms with van der Waals surface area (Å²) in [6.45, 7) is 3.93. The molecule has 2 fully saturated rings. The highest BCUT2D eigenvalue weighted by Crippen LogP contribution is 2.30. The van der Waals surface area contributed by atoms with Crippen molar-refractivity contribution >= 4 is 23.6 Å². The zero-order chi connectivity index (χ0) is 13.1. The lowest BCUT2D eigenvalue weighted by Gasteiger charge is -2.25. The molecule has 102 valence electrons. The first-order valence-electron chi connectivity index (χ1n) is 6.46. The molecule has 6 heteroatoms. The maximum atomic E-state index is 12.2. The van der Waals surface area contributed by atoms with Gasteiger partial charge >= 0.3 is 5.97 Å². The van der Waals surface area contributed by atoms with Gasteiger partial charge < -0.3 is 15.3 Å². The van der Waals surface area contributed by atoms with Gasteiger partial charge in [-0.25, -0.2) is 4.79 Å². The molecule has 0 aromatic rings. The van der Waals surface area contributed by atoms with Crippen molar-refractivity contribution in [2.75, 3.05) is 18.8 Å². The SMILES string of the molecule is CC1SCC(C(=O)O)N1C(=O)CCC1CCNC1. The lowest BCUT2D eigenvalue weighted by molar-refractivity contribution is -0.149. The molecule has 2 N–H and O–H groups in total. The second kappa shape index (κ2) is 5.93. The number of amides is 1. The summed E-state index contributed by atoms with van der Waals surface area (Å²) in [5.74, 6) is 0.185. The zero-order valence-electron chi connectivity index (χ0n) is 10.6. The lowest BCUT2D eigenvalue weighted by Crippen LogP contribution is -2.44. The Hall–Kier alpha value is -0.750. The summed E-state index contributed by atoms with van der Waals surface area (Å²) >= 11 is 1.54. The van der Waals surface area contributed by atoms with Gasteiger partial charge in [-0.1, -0.05) is 0 Å². The molecule has 2 rings (SSSR count). The van der Waals surface area contributed by atoms with E-state index in [0.717, 1.165) is 25.9 Å². The summed E-state index contributed by atoms with van der Waals surface area (Å²) in [6.07, 6.45) is 2.47. The van der Waals surface area contributed by atoms with Gasteiger partial charge in [-0.15, -0.1) is 11.8 Å². The van der Waals surface area contributed by atoms with Crippen molar-refractivity contribution in [2.24, 2.45) is 5.92 Å². The Kier molecular flexibility index (Phi) is 4.50. The van der Waals surface area contributed by atoms with Crippen LogP contribution in [0.5, 0.6) is 0 Å². The maximum Gasteiger partial charge on any atom is 0.327 e. The highest BCUT2D eigenvalue weighted by Gasteiger charge is 2.39. The van der Waals surface area contributed by atoms with Crippen LogP contribution < -0.4 is 5.32 Å². The van der Waals surface area contributed by atoms with Crippen molar-refractivity contribution in [3.05, 3.63) is 0 Å². The van der Waals surface area contributed by atoms with Crippen LogP contribution in [0.4, 0.5) is 0 Å². The number of carboxylic acids is 1. The average molecular weight is 272 g/mol. The van der Waals surface area contributed by atoms with Gasteiger partial charge in [-0.3, -0.25) is 4.79 Å². The van der Waals surface area contributed by atoms with Crippen LogP contribution in [0.25, 0.3) is 0 Å². The minimum absolute atomic E-state index is 0.00759. The number of nitrogens with one attached hydrogen (secondary N) is 1. The summed E-state index contributed by atoms with van der Waals surface area (Å²) in [5, 5.41) is 12.4. The number of thioether (sulfide) groups is 1. The number of carboxylic acid groups (broad SMARTS) is 1. The van der Waals surface area contributed by atoms with E-state index in [1.54, 1.807) is 16.7 Å². The minimum atomic E-state index is -0.886. The molecule has 0 bridgehead atoms. The van der Waals surface area contributed by atoms with Gasteiger partial charge in [0.2, 0.25) is 5.91 Å². The van der Waals surface area contributed by atoms with Gasteiger partial charge in [0, 0.05) is 12.2 Å². The third kappa shape index (κ3) is 2.98. The van der Waals surface area contributed by atoms with Crippen LogP contribution >= 0.6 is 11.8 Å². The highest BCUT2D eigenvalue weighted by molar-refractivity contribution is 8.00. The monoisotopic (exact) mass is 272 g/mol.